The van der Waals surface area contributed by atoms with Crippen LogP contribution in [0.2, 0.25) is 5.02 Å². The first kappa shape index (κ1) is 15.6. The number of benzene rings is 1. The normalized spacial score (nSPS) is 11.2. The van der Waals surface area contributed by atoms with Gasteiger partial charge in [0.2, 0.25) is 5.91 Å². The lowest BCUT2D eigenvalue weighted by Crippen LogP contribution is -2.30. The molecular weight excluding hydrogens is 281 g/mol. The van der Waals surface area contributed by atoms with Crippen molar-refractivity contribution in [3.8, 4) is 0 Å². The van der Waals surface area contributed by atoms with Crippen molar-refractivity contribution in [1.82, 2.24) is 5.32 Å². The Kier molecular flexibility index (Phi) is 5.47. The zero-order chi connectivity index (χ0) is 14.5. The van der Waals surface area contributed by atoms with Crippen molar-refractivity contribution in [3.05, 3.63) is 28.8 Å². The maximum atomic E-state index is 12.5. The summed E-state index contributed by atoms with van der Waals surface area (Å²) in [5.41, 5.74) is -0.692. The molecule has 0 saturated carbocycles. The van der Waals surface area contributed by atoms with Crippen LogP contribution >= 0.6 is 11.6 Å². The summed E-state index contributed by atoms with van der Waals surface area (Å²) in [4.78, 5) is 11.3. The van der Waals surface area contributed by atoms with E-state index >= 15 is 0 Å². The van der Waals surface area contributed by atoms with Gasteiger partial charge in [-0.3, -0.25) is 4.79 Å². The number of halogens is 4. The van der Waals surface area contributed by atoms with Gasteiger partial charge in [-0.25, -0.2) is 0 Å². The molecule has 0 aromatic heterocycles. The quantitative estimate of drug-likeness (QED) is 0.875. The predicted molar refractivity (Wildman–Crippen MR) is 68.2 cm³/mol. The highest BCUT2D eigenvalue weighted by molar-refractivity contribution is 6.30. The van der Waals surface area contributed by atoms with Crippen LogP contribution in [0.15, 0.2) is 18.2 Å². The first-order chi connectivity index (χ1) is 8.82. The SMILES string of the molecule is CCCNC(=O)CNc1cc(Cl)cc(C(F)(F)F)c1. The van der Waals surface area contributed by atoms with E-state index in [9.17, 15) is 18.0 Å². The van der Waals surface area contributed by atoms with E-state index in [0.717, 1.165) is 18.6 Å². The number of rotatable bonds is 5. The zero-order valence-electron chi connectivity index (χ0n) is 10.3. The van der Waals surface area contributed by atoms with Crippen molar-refractivity contribution >= 4 is 23.2 Å². The molecule has 0 bridgehead atoms. The summed E-state index contributed by atoms with van der Waals surface area (Å²) in [6, 6.07) is 3.09. The van der Waals surface area contributed by atoms with Crippen molar-refractivity contribution in [3.63, 3.8) is 0 Å². The summed E-state index contributed by atoms with van der Waals surface area (Å²) < 4.78 is 37.6. The molecule has 0 aliphatic heterocycles. The molecule has 0 unspecified atom stereocenters. The highest BCUT2D eigenvalue weighted by Crippen LogP contribution is 2.33. The first-order valence-electron chi connectivity index (χ1n) is 5.71. The number of alkyl halides is 3. The van der Waals surface area contributed by atoms with Crippen molar-refractivity contribution < 1.29 is 18.0 Å². The van der Waals surface area contributed by atoms with Gasteiger partial charge in [-0.1, -0.05) is 18.5 Å². The van der Waals surface area contributed by atoms with Crippen LogP contribution in [-0.2, 0) is 11.0 Å². The monoisotopic (exact) mass is 294 g/mol. The third kappa shape index (κ3) is 5.38. The molecule has 0 spiro atoms. The molecule has 3 nitrogen and oxygen atoms in total. The Hall–Kier alpha value is -1.43. The van der Waals surface area contributed by atoms with Crippen LogP contribution in [0.25, 0.3) is 0 Å². The van der Waals surface area contributed by atoms with Gasteiger partial charge in [-0.15, -0.1) is 0 Å². The van der Waals surface area contributed by atoms with E-state index in [2.05, 4.69) is 10.6 Å². The van der Waals surface area contributed by atoms with Crippen LogP contribution in [0.5, 0.6) is 0 Å². The number of carbonyl (C=O) groups excluding carboxylic acids is 1. The minimum atomic E-state index is -4.47. The lowest BCUT2D eigenvalue weighted by molar-refractivity contribution is -0.137. The van der Waals surface area contributed by atoms with Gasteiger partial charge >= 0.3 is 6.18 Å². The molecule has 0 aliphatic carbocycles. The Morgan fingerprint density at radius 2 is 2.00 bits per heavy atom. The van der Waals surface area contributed by atoms with Crippen LogP contribution in [0.4, 0.5) is 18.9 Å². The summed E-state index contributed by atoms with van der Waals surface area (Å²) in [5, 5.41) is 5.18. The Bertz CT molecular complexity index is 449. The zero-order valence-corrected chi connectivity index (χ0v) is 11.0. The maximum Gasteiger partial charge on any atom is 0.416 e. The number of carbonyl (C=O) groups is 1. The minimum Gasteiger partial charge on any atom is -0.376 e. The van der Waals surface area contributed by atoms with Gasteiger partial charge in [0.05, 0.1) is 12.1 Å². The van der Waals surface area contributed by atoms with Gasteiger partial charge < -0.3 is 10.6 Å². The van der Waals surface area contributed by atoms with E-state index in [1.165, 1.54) is 6.07 Å². The first-order valence-corrected chi connectivity index (χ1v) is 6.09. The third-order valence-electron chi connectivity index (χ3n) is 2.25. The molecular formula is C12H14ClF3N2O. The van der Waals surface area contributed by atoms with Gasteiger partial charge in [-0.05, 0) is 24.6 Å². The fourth-order valence-electron chi connectivity index (χ4n) is 1.36. The molecule has 0 atom stereocenters. The highest BCUT2D eigenvalue weighted by Gasteiger charge is 2.31. The summed E-state index contributed by atoms with van der Waals surface area (Å²) in [7, 11) is 0. The molecule has 106 valence electrons. The highest BCUT2D eigenvalue weighted by atomic mass is 35.5. The van der Waals surface area contributed by atoms with Crippen molar-refractivity contribution in [2.75, 3.05) is 18.4 Å². The molecule has 0 aliphatic rings. The van der Waals surface area contributed by atoms with Crippen LogP contribution in [0.1, 0.15) is 18.9 Å². The lowest BCUT2D eigenvalue weighted by atomic mass is 10.2. The van der Waals surface area contributed by atoms with Gasteiger partial charge in [0.1, 0.15) is 0 Å². The second-order valence-electron chi connectivity index (χ2n) is 3.93. The van der Waals surface area contributed by atoms with Crippen molar-refractivity contribution in [1.29, 1.82) is 0 Å². The van der Waals surface area contributed by atoms with E-state index in [1.807, 2.05) is 6.92 Å². The van der Waals surface area contributed by atoms with E-state index in [0.29, 0.717) is 6.54 Å². The topological polar surface area (TPSA) is 41.1 Å². The second-order valence-corrected chi connectivity index (χ2v) is 4.37. The van der Waals surface area contributed by atoms with Gasteiger partial charge in [0.25, 0.3) is 0 Å². The van der Waals surface area contributed by atoms with E-state index in [1.54, 1.807) is 0 Å². The van der Waals surface area contributed by atoms with Crippen molar-refractivity contribution in [2.45, 2.75) is 19.5 Å². The molecule has 0 heterocycles. The number of hydrogen-bond acceptors (Lipinski definition) is 2. The lowest BCUT2D eigenvalue weighted by Gasteiger charge is -2.11. The van der Waals surface area contributed by atoms with Gasteiger partial charge in [-0.2, -0.15) is 13.2 Å². The molecule has 0 fully saturated rings. The number of amides is 1. The van der Waals surface area contributed by atoms with Crippen LogP contribution in [-0.4, -0.2) is 19.0 Å². The molecule has 0 saturated heterocycles. The summed E-state index contributed by atoms with van der Waals surface area (Å²) >= 11 is 5.61. The maximum absolute atomic E-state index is 12.5. The Morgan fingerprint density at radius 1 is 1.32 bits per heavy atom. The number of anilines is 1. The molecule has 0 radical (unpaired) electrons. The number of nitrogens with one attached hydrogen (secondary N) is 2. The van der Waals surface area contributed by atoms with Crippen molar-refractivity contribution in [2.24, 2.45) is 0 Å². The second kappa shape index (κ2) is 6.65. The smallest absolute Gasteiger partial charge is 0.376 e. The predicted octanol–water partition coefficient (Wildman–Crippen LogP) is 3.30. The summed E-state index contributed by atoms with van der Waals surface area (Å²) in [6.45, 7) is 2.34. The molecule has 1 amide bonds. The third-order valence-corrected chi connectivity index (χ3v) is 2.47. The van der Waals surface area contributed by atoms with Gasteiger partial charge in [0, 0.05) is 17.3 Å². The Balaban J connectivity index is 2.69. The summed E-state index contributed by atoms with van der Waals surface area (Å²) in [6.07, 6.45) is -3.67. The standard InChI is InChI=1S/C12H14ClF3N2O/c1-2-3-17-11(19)7-18-10-5-8(12(14,15)16)4-9(13)6-10/h4-6,18H,2-3,7H2,1H3,(H,17,19). The fraction of sp³-hybridized carbons (Fsp3) is 0.417. The Labute approximate surface area is 114 Å². The molecule has 1 aromatic carbocycles. The van der Waals surface area contributed by atoms with E-state index in [4.69, 9.17) is 11.6 Å². The minimum absolute atomic E-state index is 0.0358. The molecule has 7 heteroatoms. The van der Waals surface area contributed by atoms with Crippen LogP contribution in [0.3, 0.4) is 0 Å². The largest absolute Gasteiger partial charge is 0.416 e. The summed E-state index contributed by atoms with van der Waals surface area (Å²) in [5.74, 6) is -0.282. The number of hydrogen-bond donors (Lipinski definition) is 2. The average Bonchev–Trinajstić information content (AvgIpc) is 2.32. The molecule has 2 N–H and O–H groups in total. The van der Waals surface area contributed by atoms with Crippen LogP contribution in [0, 0.1) is 0 Å². The van der Waals surface area contributed by atoms with Crippen LogP contribution < -0.4 is 10.6 Å². The van der Waals surface area contributed by atoms with Gasteiger partial charge in [0.15, 0.2) is 0 Å². The fourth-order valence-corrected chi connectivity index (χ4v) is 1.60. The molecule has 19 heavy (non-hydrogen) atoms. The molecule has 1 aromatic rings. The molecule has 1 rings (SSSR count). The van der Waals surface area contributed by atoms with E-state index < -0.39 is 11.7 Å². The average molecular weight is 295 g/mol. The Morgan fingerprint density at radius 3 is 2.58 bits per heavy atom. The van der Waals surface area contributed by atoms with E-state index in [-0.39, 0.29) is 23.2 Å².